The van der Waals surface area contributed by atoms with Crippen molar-refractivity contribution in [2.45, 2.75) is 23.2 Å². The first kappa shape index (κ1) is 21.0. The zero-order chi connectivity index (χ0) is 20.6. The van der Waals surface area contributed by atoms with Gasteiger partial charge in [-0.15, -0.1) is 6.58 Å². The van der Waals surface area contributed by atoms with Crippen molar-refractivity contribution in [1.82, 2.24) is 9.97 Å². The van der Waals surface area contributed by atoms with Gasteiger partial charge in [0.25, 0.3) is 0 Å². The van der Waals surface area contributed by atoms with E-state index in [-0.39, 0.29) is 5.25 Å². The number of carboxylic acids is 1. The van der Waals surface area contributed by atoms with Gasteiger partial charge in [0, 0.05) is 22.3 Å². The molecule has 0 spiro atoms. The minimum Gasteiger partial charge on any atom is -0.478 e. The molecule has 0 amide bonds. The maximum Gasteiger partial charge on any atom is 0.331 e. The number of thioether (sulfide) groups is 1. The smallest absolute Gasteiger partial charge is 0.331 e. The summed E-state index contributed by atoms with van der Waals surface area (Å²) in [4.78, 5) is 19.2. The predicted molar refractivity (Wildman–Crippen MR) is 119 cm³/mol. The van der Waals surface area contributed by atoms with Gasteiger partial charge in [-0.2, -0.15) is 0 Å². The van der Waals surface area contributed by atoms with E-state index in [1.54, 1.807) is 12.3 Å². The molecule has 2 aromatic carbocycles. The Morgan fingerprint density at radius 2 is 1.93 bits per heavy atom. The highest BCUT2D eigenvalue weighted by atomic mass is 35.5. The van der Waals surface area contributed by atoms with Gasteiger partial charge < -0.3 is 10.1 Å². The average Bonchev–Trinajstić information content (AvgIpc) is 3.16. The highest BCUT2D eigenvalue weighted by Gasteiger charge is 2.13. The molecule has 1 unspecified atom stereocenters. The molecule has 3 rings (SSSR count). The molecule has 0 aliphatic heterocycles. The van der Waals surface area contributed by atoms with Crippen LogP contribution in [-0.2, 0) is 17.6 Å². The van der Waals surface area contributed by atoms with E-state index in [4.69, 9.17) is 11.6 Å². The molecular formula is C23H21ClN2O2S. The average molecular weight is 425 g/mol. The second kappa shape index (κ2) is 10.1. The Kier molecular flexibility index (Phi) is 7.33. The first-order valence-electron chi connectivity index (χ1n) is 9.10. The van der Waals surface area contributed by atoms with E-state index in [1.165, 1.54) is 11.8 Å². The summed E-state index contributed by atoms with van der Waals surface area (Å²) < 4.78 is 0. The molecule has 0 aliphatic carbocycles. The van der Waals surface area contributed by atoms with Crippen LogP contribution in [0.3, 0.4) is 0 Å². The summed E-state index contributed by atoms with van der Waals surface area (Å²) >= 11 is 7.79. The zero-order valence-corrected chi connectivity index (χ0v) is 17.3. The summed E-state index contributed by atoms with van der Waals surface area (Å²) in [5.74, 6) is -0.944. The maximum atomic E-state index is 11.6. The summed E-state index contributed by atoms with van der Waals surface area (Å²) in [7, 11) is 0. The van der Waals surface area contributed by atoms with E-state index < -0.39 is 5.97 Å². The largest absolute Gasteiger partial charge is 0.478 e. The number of rotatable bonds is 9. The van der Waals surface area contributed by atoms with Gasteiger partial charge in [-0.1, -0.05) is 78.0 Å². The molecule has 1 aromatic heterocycles. The Labute approximate surface area is 179 Å². The van der Waals surface area contributed by atoms with Crippen LogP contribution in [0.15, 0.2) is 84.2 Å². The van der Waals surface area contributed by atoms with Crippen molar-refractivity contribution in [3.05, 3.63) is 101 Å². The van der Waals surface area contributed by atoms with Crippen molar-refractivity contribution in [2.24, 2.45) is 0 Å². The van der Waals surface area contributed by atoms with Crippen LogP contribution < -0.4 is 0 Å². The van der Waals surface area contributed by atoms with Crippen LogP contribution in [0.1, 0.15) is 16.8 Å². The lowest BCUT2D eigenvalue weighted by Crippen LogP contribution is -2.04. The number of benzene rings is 2. The molecule has 4 nitrogen and oxygen atoms in total. The number of hydrogen-bond donors (Lipinski definition) is 2. The molecule has 6 heteroatoms. The molecule has 1 atom stereocenters. The molecule has 0 saturated heterocycles. The second-order valence-corrected chi connectivity index (χ2v) is 8.10. The molecule has 0 saturated carbocycles. The molecule has 0 radical (unpaired) electrons. The maximum absolute atomic E-state index is 11.6. The number of hydrogen-bond acceptors (Lipinski definition) is 3. The monoisotopic (exact) mass is 424 g/mol. The number of halogens is 1. The SMILES string of the molecule is C=CC(Cc1ccccc1Cl)Sc1ncc(/C=C(\Cc2ccccc2)C(=O)O)[nH]1. The highest BCUT2D eigenvalue weighted by molar-refractivity contribution is 7.99. The molecule has 29 heavy (non-hydrogen) atoms. The van der Waals surface area contributed by atoms with Gasteiger partial charge in [0.1, 0.15) is 0 Å². The third-order valence-corrected chi connectivity index (χ3v) is 5.78. The molecule has 148 valence electrons. The number of aliphatic carboxylic acids is 1. The minimum atomic E-state index is -0.944. The van der Waals surface area contributed by atoms with Gasteiger partial charge in [-0.3, -0.25) is 0 Å². The molecule has 1 heterocycles. The fraction of sp³-hybridized carbons (Fsp3) is 0.130. The Balaban J connectivity index is 1.71. The van der Waals surface area contributed by atoms with Crippen molar-refractivity contribution >= 4 is 35.4 Å². The van der Waals surface area contributed by atoms with E-state index in [2.05, 4.69) is 16.5 Å². The van der Waals surface area contributed by atoms with Crippen molar-refractivity contribution in [3.8, 4) is 0 Å². The number of nitrogens with zero attached hydrogens (tertiary/aromatic N) is 1. The van der Waals surface area contributed by atoms with Crippen LogP contribution in [0.2, 0.25) is 5.02 Å². The van der Waals surface area contributed by atoms with Crippen LogP contribution in [0.4, 0.5) is 0 Å². The van der Waals surface area contributed by atoms with Gasteiger partial charge in [0.15, 0.2) is 5.16 Å². The lowest BCUT2D eigenvalue weighted by atomic mass is 10.0. The molecular weight excluding hydrogens is 404 g/mol. The Bertz CT molecular complexity index is 1010. The fourth-order valence-corrected chi connectivity index (χ4v) is 3.99. The standard InChI is InChI=1S/C23H21ClN2O2S/c1-2-20(14-17-10-6-7-11-21(17)24)29-23-25-15-19(26-23)13-18(22(27)28)12-16-8-4-3-5-9-16/h2-11,13,15,20H,1,12,14H2,(H,25,26)(H,27,28)/b18-13+. The number of imidazole rings is 1. The van der Waals surface area contributed by atoms with E-state index in [9.17, 15) is 9.90 Å². The summed E-state index contributed by atoms with van der Waals surface area (Å²) in [6.45, 7) is 3.91. The predicted octanol–water partition coefficient (Wildman–Crippen LogP) is 5.66. The van der Waals surface area contributed by atoms with Crippen LogP contribution in [0.25, 0.3) is 6.08 Å². The molecule has 0 bridgehead atoms. The summed E-state index contributed by atoms with van der Waals surface area (Å²) in [6.07, 6.45) is 6.22. The molecule has 2 N–H and O–H groups in total. The summed E-state index contributed by atoms with van der Waals surface area (Å²) in [5, 5.41) is 11.1. The van der Waals surface area contributed by atoms with Gasteiger partial charge >= 0.3 is 5.97 Å². The van der Waals surface area contributed by atoms with Crippen LogP contribution in [0.5, 0.6) is 0 Å². The minimum absolute atomic E-state index is 0.0844. The molecule has 0 aliphatic rings. The first-order valence-corrected chi connectivity index (χ1v) is 10.4. The number of aromatic nitrogens is 2. The number of carboxylic acid groups (broad SMARTS) is 1. The summed E-state index contributed by atoms with van der Waals surface area (Å²) in [5.41, 5.74) is 2.95. The van der Waals surface area contributed by atoms with Crippen LogP contribution in [0, 0.1) is 0 Å². The first-order chi connectivity index (χ1) is 14.0. The van der Waals surface area contributed by atoms with Crippen LogP contribution in [-0.4, -0.2) is 26.3 Å². The fourth-order valence-electron chi connectivity index (χ4n) is 2.84. The van der Waals surface area contributed by atoms with E-state index >= 15 is 0 Å². The quantitative estimate of drug-likeness (QED) is 0.264. The number of aromatic amines is 1. The van der Waals surface area contributed by atoms with Crippen molar-refractivity contribution in [1.29, 1.82) is 0 Å². The Morgan fingerprint density at radius 1 is 1.21 bits per heavy atom. The molecule has 0 fully saturated rings. The lowest BCUT2D eigenvalue weighted by molar-refractivity contribution is -0.132. The van der Waals surface area contributed by atoms with Crippen LogP contribution >= 0.6 is 23.4 Å². The third kappa shape index (κ3) is 6.11. The van der Waals surface area contributed by atoms with Crippen molar-refractivity contribution in [3.63, 3.8) is 0 Å². The highest BCUT2D eigenvalue weighted by Crippen LogP contribution is 2.27. The zero-order valence-electron chi connectivity index (χ0n) is 15.7. The second-order valence-electron chi connectivity index (χ2n) is 6.47. The van der Waals surface area contributed by atoms with Gasteiger partial charge in [-0.05, 0) is 29.7 Å². The van der Waals surface area contributed by atoms with Crippen molar-refractivity contribution in [2.75, 3.05) is 0 Å². The van der Waals surface area contributed by atoms with Gasteiger partial charge in [-0.25, -0.2) is 9.78 Å². The number of nitrogens with one attached hydrogen (secondary N) is 1. The van der Waals surface area contributed by atoms with Gasteiger partial charge in [0.05, 0.1) is 11.9 Å². The number of carbonyl (C=O) groups is 1. The summed E-state index contributed by atoms with van der Waals surface area (Å²) in [6, 6.07) is 17.3. The Hall–Kier alpha value is -2.76. The third-order valence-electron chi connectivity index (χ3n) is 4.32. The normalized spacial score (nSPS) is 12.5. The lowest BCUT2D eigenvalue weighted by Gasteiger charge is -2.11. The number of H-pyrrole nitrogens is 1. The van der Waals surface area contributed by atoms with Crippen molar-refractivity contribution < 1.29 is 9.90 Å². The molecule has 3 aromatic rings. The Morgan fingerprint density at radius 3 is 2.62 bits per heavy atom. The van der Waals surface area contributed by atoms with E-state index in [0.717, 1.165) is 22.6 Å². The van der Waals surface area contributed by atoms with Gasteiger partial charge in [0.2, 0.25) is 0 Å². The van der Waals surface area contributed by atoms with E-state index in [1.807, 2.05) is 60.7 Å². The topological polar surface area (TPSA) is 66.0 Å². The van der Waals surface area contributed by atoms with E-state index in [0.29, 0.717) is 22.8 Å².